The third kappa shape index (κ3) is 3.66. The quantitative estimate of drug-likeness (QED) is 0.886. The molecule has 0 amide bonds. The molecule has 1 N–H and O–H groups in total. The molecule has 0 aliphatic carbocycles. The topological polar surface area (TPSA) is 23.5 Å². The largest absolute Gasteiger partial charge is 0.389 e. The molecule has 2 nitrogen and oxygen atoms in total. The van der Waals surface area contributed by atoms with Gasteiger partial charge in [0.05, 0.1) is 16.8 Å². The molecular weight excluding hydrogens is 293 g/mol. The van der Waals surface area contributed by atoms with Gasteiger partial charge < -0.3 is 10.0 Å². The van der Waals surface area contributed by atoms with E-state index in [-0.39, 0.29) is 0 Å². The average Bonchev–Trinajstić information content (AvgIpc) is 2.38. The zero-order valence-corrected chi connectivity index (χ0v) is 13.0. The average molecular weight is 310 g/mol. The molecule has 0 heterocycles. The summed E-state index contributed by atoms with van der Waals surface area (Å²) in [6.07, 6.45) is -0.514. The highest BCUT2D eigenvalue weighted by Crippen LogP contribution is 2.29. The predicted octanol–water partition coefficient (Wildman–Crippen LogP) is 4.68. The number of hydrogen-bond donors (Lipinski definition) is 1. The highest BCUT2D eigenvalue weighted by molar-refractivity contribution is 6.33. The molecule has 0 fully saturated rings. The van der Waals surface area contributed by atoms with Crippen LogP contribution >= 0.6 is 23.2 Å². The molecule has 106 valence electrons. The number of nitrogens with zero attached hydrogens (tertiary/aromatic N) is 1. The van der Waals surface area contributed by atoms with E-state index in [1.54, 1.807) is 13.0 Å². The molecule has 0 saturated heterocycles. The molecule has 0 aromatic heterocycles. The van der Waals surface area contributed by atoms with Gasteiger partial charge in [0.1, 0.15) is 0 Å². The first-order valence-corrected chi connectivity index (χ1v) is 7.16. The number of aliphatic hydroxyl groups excluding tert-OH is 1. The van der Waals surface area contributed by atoms with Crippen molar-refractivity contribution in [3.63, 3.8) is 0 Å². The molecular formula is C16H17Cl2NO. The van der Waals surface area contributed by atoms with Crippen molar-refractivity contribution < 1.29 is 5.11 Å². The van der Waals surface area contributed by atoms with E-state index < -0.39 is 6.10 Å². The van der Waals surface area contributed by atoms with Gasteiger partial charge in [-0.2, -0.15) is 0 Å². The Labute approximate surface area is 129 Å². The van der Waals surface area contributed by atoms with Crippen LogP contribution in [0, 0.1) is 0 Å². The lowest BCUT2D eigenvalue weighted by molar-refractivity contribution is 0.199. The van der Waals surface area contributed by atoms with E-state index >= 15 is 0 Å². The molecule has 0 unspecified atom stereocenters. The summed E-state index contributed by atoms with van der Waals surface area (Å²) in [5.41, 5.74) is 2.86. The molecule has 2 aromatic rings. The van der Waals surface area contributed by atoms with Crippen LogP contribution in [0.1, 0.15) is 24.2 Å². The van der Waals surface area contributed by atoms with E-state index in [9.17, 15) is 5.11 Å². The molecule has 0 bridgehead atoms. The third-order valence-corrected chi connectivity index (χ3v) is 3.71. The van der Waals surface area contributed by atoms with Gasteiger partial charge in [0.2, 0.25) is 0 Å². The van der Waals surface area contributed by atoms with Crippen LogP contribution in [-0.2, 0) is 6.54 Å². The standard InChI is InChI=1S/C16H17Cl2NO/c1-11(20)13-6-7-16(15(18)9-13)19(2)10-12-4-3-5-14(17)8-12/h3-9,11,20H,10H2,1-2H3/t11-/m0/s1. The molecule has 1 atom stereocenters. The van der Waals surface area contributed by atoms with Crippen LogP contribution in [-0.4, -0.2) is 12.2 Å². The van der Waals surface area contributed by atoms with E-state index in [2.05, 4.69) is 4.90 Å². The van der Waals surface area contributed by atoms with Gasteiger partial charge in [-0.15, -0.1) is 0 Å². The van der Waals surface area contributed by atoms with Crippen molar-refractivity contribution >= 4 is 28.9 Å². The smallest absolute Gasteiger partial charge is 0.0762 e. The Kier molecular flexibility index (Phi) is 4.92. The molecule has 20 heavy (non-hydrogen) atoms. The number of aliphatic hydroxyl groups is 1. The molecule has 4 heteroatoms. The van der Waals surface area contributed by atoms with Gasteiger partial charge in [0, 0.05) is 18.6 Å². The van der Waals surface area contributed by atoms with Gasteiger partial charge in [-0.3, -0.25) is 0 Å². The second kappa shape index (κ2) is 6.49. The van der Waals surface area contributed by atoms with E-state index in [4.69, 9.17) is 23.2 Å². The fourth-order valence-corrected chi connectivity index (χ4v) is 2.63. The molecule has 0 radical (unpaired) electrons. The summed E-state index contributed by atoms with van der Waals surface area (Å²) in [5, 5.41) is 10.9. The predicted molar refractivity (Wildman–Crippen MR) is 85.6 cm³/mol. The van der Waals surface area contributed by atoms with Crippen LogP contribution in [0.5, 0.6) is 0 Å². The zero-order valence-electron chi connectivity index (χ0n) is 11.5. The number of rotatable bonds is 4. The Bertz CT molecular complexity index is 599. The minimum absolute atomic E-state index is 0.514. The second-order valence-electron chi connectivity index (χ2n) is 4.87. The summed E-state index contributed by atoms with van der Waals surface area (Å²) in [4.78, 5) is 2.06. The van der Waals surface area contributed by atoms with Crippen LogP contribution in [0.2, 0.25) is 10.0 Å². The Hall–Kier alpha value is -1.22. The highest BCUT2D eigenvalue weighted by atomic mass is 35.5. The SMILES string of the molecule is C[C@H](O)c1ccc(N(C)Cc2cccc(Cl)c2)c(Cl)c1. The maximum Gasteiger partial charge on any atom is 0.0762 e. The van der Waals surface area contributed by atoms with Crippen molar-refractivity contribution in [2.24, 2.45) is 0 Å². The summed E-state index contributed by atoms with van der Waals surface area (Å²) < 4.78 is 0. The van der Waals surface area contributed by atoms with Crippen molar-refractivity contribution in [1.29, 1.82) is 0 Å². The van der Waals surface area contributed by atoms with Crippen molar-refractivity contribution in [1.82, 2.24) is 0 Å². The molecule has 2 rings (SSSR count). The summed E-state index contributed by atoms with van der Waals surface area (Å²) in [7, 11) is 1.98. The van der Waals surface area contributed by atoms with Crippen molar-refractivity contribution in [2.45, 2.75) is 19.6 Å². The van der Waals surface area contributed by atoms with Crippen molar-refractivity contribution in [2.75, 3.05) is 11.9 Å². The first-order valence-electron chi connectivity index (χ1n) is 6.40. The molecule has 0 saturated carbocycles. The first-order chi connectivity index (χ1) is 9.47. The normalized spacial score (nSPS) is 12.2. The fourth-order valence-electron chi connectivity index (χ4n) is 2.09. The summed E-state index contributed by atoms with van der Waals surface area (Å²) in [5.74, 6) is 0. The lowest BCUT2D eigenvalue weighted by atomic mass is 10.1. The van der Waals surface area contributed by atoms with E-state index in [1.165, 1.54) is 0 Å². The van der Waals surface area contributed by atoms with Crippen molar-refractivity contribution in [3.8, 4) is 0 Å². The van der Waals surface area contributed by atoms with Gasteiger partial charge in [-0.1, -0.05) is 41.4 Å². The minimum Gasteiger partial charge on any atom is -0.389 e. The second-order valence-corrected chi connectivity index (χ2v) is 5.72. The van der Waals surface area contributed by atoms with Gasteiger partial charge in [0.25, 0.3) is 0 Å². The maximum absolute atomic E-state index is 9.56. The molecule has 2 aromatic carbocycles. The highest BCUT2D eigenvalue weighted by Gasteiger charge is 2.10. The van der Waals surface area contributed by atoms with Gasteiger partial charge >= 0.3 is 0 Å². The van der Waals surface area contributed by atoms with Crippen LogP contribution < -0.4 is 4.90 Å². The summed E-state index contributed by atoms with van der Waals surface area (Å²) in [6, 6.07) is 13.4. The van der Waals surface area contributed by atoms with E-state index in [1.807, 2.05) is 43.4 Å². The van der Waals surface area contributed by atoms with E-state index in [0.29, 0.717) is 11.6 Å². The molecule has 0 spiro atoms. The van der Waals surface area contributed by atoms with Crippen molar-refractivity contribution in [3.05, 3.63) is 63.6 Å². The minimum atomic E-state index is -0.514. The number of anilines is 1. The van der Waals surface area contributed by atoms with Gasteiger partial charge in [-0.05, 0) is 42.3 Å². The monoisotopic (exact) mass is 309 g/mol. The summed E-state index contributed by atoms with van der Waals surface area (Å²) >= 11 is 12.3. The summed E-state index contributed by atoms with van der Waals surface area (Å²) in [6.45, 7) is 2.44. The van der Waals surface area contributed by atoms with Crippen LogP contribution in [0.25, 0.3) is 0 Å². The Morgan fingerprint density at radius 3 is 2.50 bits per heavy atom. The van der Waals surface area contributed by atoms with Crippen LogP contribution in [0.4, 0.5) is 5.69 Å². The number of halogens is 2. The third-order valence-electron chi connectivity index (χ3n) is 3.17. The zero-order chi connectivity index (χ0) is 14.7. The lowest BCUT2D eigenvalue weighted by Crippen LogP contribution is -2.16. The van der Waals surface area contributed by atoms with E-state index in [0.717, 1.165) is 21.8 Å². The van der Waals surface area contributed by atoms with Crippen LogP contribution in [0.15, 0.2) is 42.5 Å². The Morgan fingerprint density at radius 2 is 1.90 bits per heavy atom. The maximum atomic E-state index is 9.56. The van der Waals surface area contributed by atoms with Crippen LogP contribution in [0.3, 0.4) is 0 Å². The lowest BCUT2D eigenvalue weighted by Gasteiger charge is -2.21. The molecule has 0 aliphatic rings. The number of hydrogen-bond acceptors (Lipinski definition) is 2. The number of benzene rings is 2. The first kappa shape index (κ1) is 15.2. The Morgan fingerprint density at radius 1 is 1.15 bits per heavy atom. The van der Waals surface area contributed by atoms with Gasteiger partial charge in [0.15, 0.2) is 0 Å². The van der Waals surface area contributed by atoms with Gasteiger partial charge in [-0.25, -0.2) is 0 Å². The Balaban J connectivity index is 2.19. The fraction of sp³-hybridized carbons (Fsp3) is 0.250. The molecule has 0 aliphatic heterocycles.